The maximum absolute atomic E-state index is 12.4. The van der Waals surface area contributed by atoms with Crippen LogP contribution in [0.5, 0.6) is 17.2 Å². The normalized spacial score (nSPS) is 11.7. The van der Waals surface area contributed by atoms with Crippen LogP contribution in [0.1, 0.15) is 18.1 Å². The Morgan fingerprint density at radius 2 is 1.83 bits per heavy atom. The van der Waals surface area contributed by atoms with Gasteiger partial charge >= 0.3 is 0 Å². The van der Waals surface area contributed by atoms with E-state index in [2.05, 4.69) is 5.32 Å². The molecule has 1 unspecified atom stereocenters. The number of carbonyl (C=O) groups excluding carboxylic acids is 1. The highest BCUT2D eigenvalue weighted by Gasteiger charge is 2.16. The molecular weight excluding hydrogens is 306 g/mol. The molecule has 2 rings (SSSR count). The van der Waals surface area contributed by atoms with Gasteiger partial charge in [-0.15, -0.1) is 0 Å². The van der Waals surface area contributed by atoms with Crippen LogP contribution >= 0.6 is 0 Å². The fraction of sp³-hybridized carbons (Fsp3) is 0.316. The van der Waals surface area contributed by atoms with Crippen molar-refractivity contribution in [1.82, 2.24) is 0 Å². The highest BCUT2D eigenvalue weighted by Crippen LogP contribution is 2.29. The number of phenols is 1. The first-order valence-electron chi connectivity index (χ1n) is 7.76. The van der Waals surface area contributed by atoms with Gasteiger partial charge in [-0.25, -0.2) is 0 Å². The Labute approximate surface area is 142 Å². The number of methoxy groups -OCH3 is 2. The van der Waals surface area contributed by atoms with Gasteiger partial charge in [0.25, 0.3) is 0 Å². The summed E-state index contributed by atoms with van der Waals surface area (Å²) >= 11 is 0. The number of anilines is 1. The molecule has 1 atom stereocenters. The Bertz CT molecular complexity index is 727. The lowest BCUT2D eigenvalue weighted by Crippen LogP contribution is -2.22. The van der Waals surface area contributed by atoms with E-state index in [1.54, 1.807) is 26.4 Å². The first kappa shape index (κ1) is 17.7. The number of aryl methyl sites for hydroxylation is 1. The molecular formula is C19H23NO4. The van der Waals surface area contributed by atoms with E-state index in [0.29, 0.717) is 23.6 Å². The summed E-state index contributed by atoms with van der Waals surface area (Å²) in [5.74, 6) is 0.955. The average Bonchev–Trinajstić information content (AvgIpc) is 2.57. The van der Waals surface area contributed by atoms with Crippen molar-refractivity contribution in [3.63, 3.8) is 0 Å². The van der Waals surface area contributed by atoms with Crippen molar-refractivity contribution in [2.45, 2.75) is 20.3 Å². The topological polar surface area (TPSA) is 67.8 Å². The lowest BCUT2D eigenvalue weighted by Gasteiger charge is -2.15. The van der Waals surface area contributed by atoms with Gasteiger partial charge in [-0.05, 0) is 48.7 Å². The molecule has 2 N–H and O–H groups in total. The number of carbonyl (C=O) groups is 1. The Hall–Kier alpha value is -2.69. The number of hydrogen-bond acceptors (Lipinski definition) is 4. The minimum Gasteiger partial charge on any atom is -0.506 e. The van der Waals surface area contributed by atoms with Crippen molar-refractivity contribution in [3.8, 4) is 17.2 Å². The number of nitrogens with one attached hydrogen (secondary N) is 1. The lowest BCUT2D eigenvalue weighted by molar-refractivity contribution is -0.119. The monoisotopic (exact) mass is 329 g/mol. The summed E-state index contributed by atoms with van der Waals surface area (Å²) in [4.78, 5) is 12.4. The molecule has 0 saturated carbocycles. The van der Waals surface area contributed by atoms with E-state index in [1.165, 1.54) is 0 Å². The number of rotatable bonds is 6. The average molecular weight is 329 g/mol. The second-order valence-electron chi connectivity index (χ2n) is 5.80. The summed E-state index contributed by atoms with van der Waals surface area (Å²) in [6, 6.07) is 10.8. The molecule has 5 heteroatoms. The minimum absolute atomic E-state index is 0.0710. The zero-order chi connectivity index (χ0) is 17.7. The van der Waals surface area contributed by atoms with Gasteiger partial charge in [0.05, 0.1) is 19.9 Å². The van der Waals surface area contributed by atoms with Crippen molar-refractivity contribution < 1.29 is 19.4 Å². The molecule has 24 heavy (non-hydrogen) atoms. The molecule has 0 aliphatic heterocycles. The molecule has 0 aliphatic carbocycles. The van der Waals surface area contributed by atoms with Crippen LogP contribution < -0.4 is 14.8 Å². The van der Waals surface area contributed by atoms with Crippen molar-refractivity contribution >= 4 is 11.6 Å². The maximum atomic E-state index is 12.4. The van der Waals surface area contributed by atoms with Crippen molar-refractivity contribution in [1.29, 1.82) is 0 Å². The zero-order valence-corrected chi connectivity index (χ0v) is 14.4. The number of hydrogen-bond donors (Lipinski definition) is 2. The van der Waals surface area contributed by atoms with Crippen LogP contribution in [0.3, 0.4) is 0 Å². The Balaban J connectivity index is 2.06. The van der Waals surface area contributed by atoms with E-state index in [0.717, 1.165) is 11.1 Å². The van der Waals surface area contributed by atoms with Crippen LogP contribution in [0.2, 0.25) is 0 Å². The molecule has 2 aromatic rings. The molecule has 0 aliphatic rings. The van der Waals surface area contributed by atoms with Gasteiger partial charge in [0, 0.05) is 5.92 Å². The molecule has 0 radical (unpaired) electrons. The molecule has 0 fully saturated rings. The summed E-state index contributed by atoms with van der Waals surface area (Å²) in [7, 11) is 3.17. The number of amides is 1. The highest BCUT2D eigenvalue weighted by molar-refractivity contribution is 5.93. The minimum atomic E-state index is -0.260. The molecule has 0 aromatic heterocycles. The number of ether oxygens (including phenoxy) is 2. The lowest BCUT2D eigenvalue weighted by atomic mass is 9.99. The summed E-state index contributed by atoms with van der Waals surface area (Å²) in [6.45, 7) is 3.72. The van der Waals surface area contributed by atoms with Gasteiger partial charge in [-0.3, -0.25) is 4.79 Å². The standard InChI is InChI=1S/C19H23NO4/c1-12-5-7-15(16(21)9-12)20-19(22)13(2)10-14-6-8-17(23-3)18(11-14)24-4/h5-9,11,13,21H,10H2,1-4H3,(H,20,22). The fourth-order valence-corrected chi connectivity index (χ4v) is 2.46. The largest absolute Gasteiger partial charge is 0.506 e. The maximum Gasteiger partial charge on any atom is 0.227 e. The second kappa shape index (κ2) is 7.73. The molecule has 0 bridgehead atoms. The molecule has 0 saturated heterocycles. The highest BCUT2D eigenvalue weighted by atomic mass is 16.5. The third-order valence-corrected chi connectivity index (χ3v) is 3.85. The fourth-order valence-electron chi connectivity index (χ4n) is 2.46. The van der Waals surface area contributed by atoms with Crippen LogP contribution in [0.15, 0.2) is 36.4 Å². The van der Waals surface area contributed by atoms with Crippen molar-refractivity contribution in [3.05, 3.63) is 47.5 Å². The SMILES string of the molecule is COc1ccc(CC(C)C(=O)Nc2ccc(C)cc2O)cc1OC. The van der Waals surface area contributed by atoms with E-state index in [4.69, 9.17) is 9.47 Å². The zero-order valence-electron chi connectivity index (χ0n) is 14.4. The predicted molar refractivity (Wildman–Crippen MR) is 93.9 cm³/mol. The van der Waals surface area contributed by atoms with E-state index in [1.807, 2.05) is 38.1 Å². The second-order valence-corrected chi connectivity index (χ2v) is 5.80. The van der Waals surface area contributed by atoms with Gasteiger partial charge in [0.15, 0.2) is 11.5 Å². The molecule has 0 spiro atoms. The first-order valence-corrected chi connectivity index (χ1v) is 7.76. The smallest absolute Gasteiger partial charge is 0.227 e. The molecule has 0 heterocycles. The van der Waals surface area contributed by atoms with Gasteiger partial charge < -0.3 is 19.9 Å². The van der Waals surface area contributed by atoms with Gasteiger partial charge in [0.2, 0.25) is 5.91 Å². The van der Waals surface area contributed by atoms with Crippen LogP contribution in [0.4, 0.5) is 5.69 Å². The number of aromatic hydroxyl groups is 1. The number of benzene rings is 2. The van der Waals surface area contributed by atoms with Gasteiger partial charge in [-0.2, -0.15) is 0 Å². The summed E-state index contributed by atoms with van der Waals surface area (Å²) in [5.41, 5.74) is 2.33. The molecule has 128 valence electrons. The Kier molecular flexibility index (Phi) is 5.68. The summed E-state index contributed by atoms with van der Waals surface area (Å²) in [5, 5.41) is 12.7. The number of phenolic OH excluding ortho intramolecular Hbond substituents is 1. The van der Waals surface area contributed by atoms with Gasteiger partial charge in [0.1, 0.15) is 5.75 Å². The summed E-state index contributed by atoms with van der Waals surface area (Å²) < 4.78 is 10.5. The van der Waals surface area contributed by atoms with Crippen molar-refractivity contribution in [2.75, 3.05) is 19.5 Å². The van der Waals surface area contributed by atoms with Gasteiger partial charge in [-0.1, -0.05) is 19.1 Å². The third-order valence-electron chi connectivity index (χ3n) is 3.85. The third kappa shape index (κ3) is 4.19. The van der Waals surface area contributed by atoms with E-state index < -0.39 is 0 Å². The quantitative estimate of drug-likeness (QED) is 0.796. The molecule has 2 aromatic carbocycles. The van der Waals surface area contributed by atoms with E-state index >= 15 is 0 Å². The van der Waals surface area contributed by atoms with Crippen LogP contribution in [0.25, 0.3) is 0 Å². The molecule has 5 nitrogen and oxygen atoms in total. The van der Waals surface area contributed by atoms with Crippen LogP contribution in [0, 0.1) is 12.8 Å². The molecule has 1 amide bonds. The Morgan fingerprint density at radius 3 is 2.46 bits per heavy atom. The predicted octanol–water partition coefficient (Wildman–Crippen LogP) is 3.54. The van der Waals surface area contributed by atoms with Crippen molar-refractivity contribution in [2.24, 2.45) is 5.92 Å². The van der Waals surface area contributed by atoms with Crippen LogP contribution in [-0.4, -0.2) is 25.2 Å². The first-order chi connectivity index (χ1) is 11.4. The van der Waals surface area contributed by atoms with E-state index in [9.17, 15) is 9.90 Å². The summed E-state index contributed by atoms with van der Waals surface area (Å²) in [6.07, 6.45) is 0.554. The van der Waals surface area contributed by atoms with E-state index in [-0.39, 0.29) is 17.6 Å². The van der Waals surface area contributed by atoms with Crippen LogP contribution in [-0.2, 0) is 11.2 Å². The Morgan fingerprint density at radius 1 is 1.12 bits per heavy atom.